The molecule has 0 radical (unpaired) electrons. The molecule has 8 amide bonds. The summed E-state index contributed by atoms with van der Waals surface area (Å²) in [4.78, 5) is 127. The number of nitrogens with zero attached hydrogens (tertiary/aromatic N) is 4. The number of carbonyl (C=O) groups excluding carboxylic acids is 8. The molecule has 29 nitrogen and oxygen atoms in total. The molecule has 2 aromatic carbocycles. The third-order valence-corrected chi connectivity index (χ3v) is 12.0. The molecule has 2 rings (SSSR count). The van der Waals surface area contributed by atoms with Crippen molar-refractivity contribution in [2.45, 2.75) is 140 Å². The Morgan fingerprint density at radius 3 is 0.988 bits per heavy atom. The minimum absolute atomic E-state index is 0.0200. The number of benzene rings is 2. The number of aliphatic imine (C=N–C) groups is 4. The van der Waals surface area contributed by atoms with Gasteiger partial charge >= 0.3 is 0 Å². The van der Waals surface area contributed by atoms with Gasteiger partial charge in [0, 0.05) is 39.0 Å². The number of carbonyl (C=O) groups is 8. The molecule has 0 heterocycles. The number of hydrogen-bond donors (Lipinski definition) is 17. The van der Waals surface area contributed by atoms with E-state index in [0.29, 0.717) is 12.0 Å². The minimum atomic E-state index is -1.42. The van der Waals surface area contributed by atoms with E-state index in [9.17, 15) is 38.4 Å². The summed E-state index contributed by atoms with van der Waals surface area (Å²) in [7, 11) is 0. The number of nitrogens with one attached hydrogen (secondary N) is 7. The lowest BCUT2D eigenvalue weighted by molar-refractivity contribution is -0.136. The van der Waals surface area contributed by atoms with E-state index in [0.717, 1.165) is 5.56 Å². The average molecular weight is 1120 g/mol. The Morgan fingerprint density at radius 1 is 0.388 bits per heavy atom. The first kappa shape index (κ1) is 67.3. The summed E-state index contributed by atoms with van der Waals surface area (Å²) in [6.45, 7) is 5.36. The van der Waals surface area contributed by atoms with Crippen molar-refractivity contribution in [3.63, 3.8) is 0 Å². The molecular weight excluding hydrogens is 1030 g/mol. The van der Waals surface area contributed by atoms with Crippen molar-refractivity contribution in [3.05, 3.63) is 71.8 Å². The van der Waals surface area contributed by atoms with Gasteiger partial charge in [-0.15, -0.1) is 0 Å². The number of amides is 8. The molecule has 0 bridgehead atoms. The van der Waals surface area contributed by atoms with Crippen LogP contribution in [0.2, 0.25) is 0 Å². The summed E-state index contributed by atoms with van der Waals surface area (Å²) in [5, 5.41) is 18.7. The van der Waals surface area contributed by atoms with E-state index in [1.165, 1.54) is 6.92 Å². The highest BCUT2D eigenvalue weighted by Gasteiger charge is 2.34. The van der Waals surface area contributed by atoms with Crippen LogP contribution in [0, 0.1) is 5.92 Å². The molecule has 0 aliphatic rings. The summed E-state index contributed by atoms with van der Waals surface area (Å²) in [5.41, 5.74) is 57.5. The van der Waals surface area contributed by atoms with Crippen molar-refractivity contribution in [1.29, 1.82) is 0 Å². The molecule has 0 aliphatic heterocycles. The smallest absolute Gasteiger partial charge is 0.243 e. The summed E-state index contributed by atoms with van der Waals surface area (Å²) >= 11 is 0. The fourth-order valence-electron chi connectivity index (χ4n) is 7.88. The van der Waals surface area contributed by atoms with Crippen molar-refractivity contribution in [1.82, 2.24) is 37.2 Å². The number of guanidine groups is 4. The lowest BCUT2D eigenvalue weighted by Crippen LogP contribution is -2.60. The van der Waals surface area contributed by atoms with Crippen molar-refractivity contribution in [2.75, 3.05) is 26.2 Å². The Morgan fingerprint density at radius 2 is 0.675 bits per heavy atom. The number of primary amides is 1. The normalized spacial score (nSPS) is 13.8. The molecule has 0 aliphatic carbocycles. The first-order valence-corrected chi connectivity index (χ1v) is 26.3. The van der Waals surface area contributed by atoms with Crippen LogP contribution in [0.3, 0.4) is 0 Å². The first-order chi connectivity index (χ1) is 37.9. The SMILES string of the molecule is CC(C)C[C@H](N)C(=O)N[C@@H](CCCN=C(N)N)C(=O)N[C@@H](CCCN=C(N)N)C(=O)N[C@@H](CCCN=C(N)N)C(=O)N[C@@H](CCCN=C(N)N)C(=O)N[C@@H](Cc1ccccc1)C(=O)N[C@@H](C)C(=O)N[C@@H](Cc1ccccc1)C(N)=O. The van der Waals surface area contributed by atoms with Crippen LogP contribution >= 0.6 is 0 Å². The molecule has 0 fully saturated rings. The van der Waals surface area contributed by atoms with Gasteiger partial charge in [-0.2, -0.15) is 0 Å². The maximum absolute atomic E-state index is 14.6. The van der Waals surface area contributed by atoms with Crippen LogP contribution in [0.25, 0.3) is 0 Å². The highest BCUT2D eigenvalue weighted by molar-refractivity contribution is 5.98. The Bertz CT molecular complexity index is 2430. The second-order valence-electron chi connectivity index (χ2n) is 19.4. The van der Waals surface area contributed by atoms with Crippen LogP contribution in [-0.4, -0.2) is 146 Å². The molecule has 27 N–H and O–H groups in total. The van der Waals surface area contributed by atoms with Gasteiger partial charge in [-0.05, 0) is 81.8 Å². The number of hydrogen-bond acceptors (Lipinski definition) is 13. The minimum Gasteiger partial charge on any atom is -0.370 e. The molecule has 0 saturated heterocycles. The van der Waals surface area contributed by atoms with Crippen molar-refractivity contribution in [2.24, 2.45) is 83.2 Å². The van der Waals surface area contributed by atoms with Gasteiger partial charge in [0.25, 0.3) is 0 Å². The summed E-state index contributed by atoms with van der Waals surface area (Å²) < 4.78 is 0. The Balaban J connectivity index is 2.55. The molecule has 0 spiro atoms. The van der Waals surface area contributed by atoms with Crippen LogP contribution in [0.1, 0.15) is 89.7 Å². The zero-order valence-corrected chi connectivity index (χ0v) is 45.9. The summed E-state index contributed by atoms with van der Waals surface area (Å²) in [5.74, 6) is -7.06. The zero-order chi connectivity index (χ0) is 59.7. The lowest BCUT2D eigenvalue weighted by Gasteiger charge is -2.28. The van der Waals surface area contributed by atoms with Gasteiger partial charge in [0.2, 0.25) is 47.3 Å². The largest absolute Gasteiger partial charge is 0.370 e. The van der Waals surface area contributed by atoms with Gasteiger partial charge in [-0.25, -0.2) is 0 Å². The number of nitrogens with two attached hydrogens (primary N) is 10. The fraction of sp³-hybridized carbons (Fsp3) is 0.529. The van der Waals surface area contributed by atoms with Gasteiger partial charge in [0.05, 0.1) is 6.04 Å². The topological polar surface area (TPSA) is 530 Å². The standard InChI is InChI=1S/C51H85N21O8/c1-29(2)26-33(52)42(75)67-34(18-10-22-62-48(54)55)43(76)68-35(19-11-23-63-49(56)57)44(77)69-36(20-12-24-64-50(58)59)45(78)70-37(21-13-25-65-51(60)61)46(79)72-39(28-32-16-8-5-9-17-32)47(80)66-30(3)41(74)71-38(40(53)73)27-31-14-6-4-7-15-31/h4-9,14-17,29-30,33-39H,10-13,18-28,52H2,1-3H3,(H2,53,73)(H,66,80)(H,67,75)(H,68,76)(H,69,77)(H,70,78)(H,71,74)(H,72,79)(H4,54,55,62)(H4,56,57,63)(H4,58,59,64)(H4,60,61,65)/t30-,33-,34-,35-,36-,37-,38-,39-/m0/s1. The average Bonchev–Trinajstić information content (AvgIpc) is 3.39. The third-order valence-electron chi connectivity index (χ3n) is 12.0. The Labute approximate surface area is 466 Å². The molecule has 442 valence electrons. The maximum Gasteiger partial charge on any atom is 0.243 e. The Kier molecular flexibility index (Phi) is 30.6. The molecule has 2 aromatic rings. The van der Waals surface area contributed by atoms with Crippen LogP contribution in [0.15, 0.2) is 80.6 Å². The lowest BCUT2D eigenvalue weighted by atomic mass is 10.0. The van der Waals surface area contributed by atoms with Crippen LogP contribution in [0.5, 0.6) is 0 Å². The zero-order valence-electron chi connectivity index (χ0n) is 45.9. The third kappa shape index (κ3) is 28.0. The van der Waals surface area contributed by atoms with E-state index in [-0.39, 0.29) is 120 Å². The number of rotatable bonds is 37. The molecule has 0 unspecified atom stereocenters. The van der Waals surface area contributed by atoms with Crippen LogP contribution in [-0.2, 0) is 51.2 Å². The van der Waals surface area contributed by atoms with E-state index in [4.69, 9.17) is 57.3 Å². The quantitative estimate of drug-likeness (QED) is 0.0171. The molecule has 29 heteroatoms. The maximum atomic E-state index is 14.6. The first-order valence-electron chi connectivity index (χ1n) is 26.3. The second-order valence-corrected chi connectivity index (χ2v) is 19.4. The van der Waals surface area contributed by atoms with E-state index >= 15 is 0 Å². The van der Waals surface area contributed by atoms with E-state index in [2.05, 4.69) is 57.2 Å². The highest BCUT2D eigenvalue weighted by atomic mass is 16.2. The molecular formula is C51H85N21O8. The van der Waals surface area contributed by atoms with Crippen LogP contribution < -0.4 is 94.6 Å². The second kappa shape index (κ2) is 36.4. The van der Waals surface area contributed by atoms with Gasteiger partial charge < -0.3 is 94.6 Å². The van der Waals surface area contributed by atoms with E-state index in [1.54, 1.807) is 60.7 Å². The van der Waals surface area contributed by atoms with Gasteiger partial charge in [0.15, 0.2) is 23.8 Å². The molecule has 0 aromatic heterocycles. The fourth-order valence-corrected chi connectivity index (χ4v) is 7.88. The molecule has 80 heavy (non-hydrogen) atoms. The van der Waals surface area contributed by atoms with Crippen LogP contribution in [0.4, 0.5) is 0 Å². The predicted molar refractivity (Wildman–Crippen MR) is 306 cm³/mol. The molecule has 8 atom stereocenters. The molecule has 0 saturated carbocycles. The van der Waals surface area contributed by atoms with E-state index < -0.39 is 95.6 Å². The Hall–Kier alpha value is -8.76. The van der Waals surface area contributed by atoms with E-state index in [1.807, 2.05) is 13.8 Å². The van der Waals surface area contributed by atoms with Gasteiger partial charge in [-0.3, -0.25) is 58.3 Å². The summed E-state index contributed by atoms with van der Waals surface area (Å²) in [6, 6.07) is 7.45. The predicted octanol–water partition coefficient (Wildman–Crippen LogP) is -5.04. The monoisotopic (exact) mass is 1120 g/mol. The van der Waals surface area contributed by atoms with Crippen molar-refractivity contribution < 1.29 is 38.4 Å². The highest BCUT2D eigenvalue weighted by Crippen LogP contribution is 2.11. The van der Waals surface area contributed by atoms with Gasteiger partial charge in [-0.1, -0.05) is 74.5 Å². The van der Waals surface area contributed by atoms with Crippen molar-refractivity contribution in [3.8, 4) is 0 Å². The summed E-state index contributed by atoms with van der Waals surface area (Å²) in [6.07, 6.45) is 0.715. The van der Waals surface area contributed by atoms with Gasteiger partial charge in [0.1, 0.15) is 42.3 Å². The van der Waals surface area contributed by atoms with Crippen molar-refractivity contribution >= 4 is 71.1 Å².